The number of hydrogen-bond donors (Lipinski definition) is 3. The number of aliphatic carboxylic acids is 1. The summed E-state index contributed by atoms with van der Waals surface area (Å²) in [5, 5.41) is 16.5. The molecule has 1 aromatic carbocycles. The highest BCUT2D eigenvalue weighted by atomic mass is 32.2. The van der Waals surface area contributed by atoms with E-state index in [0.29, 0.717) is 33.6 Å². The Morgan fingerprint density at radius 3 is 2.89 bits per heavy atom. The Kier molecular flexibility index (Phi) is 4.66. The molecule has 0 radical (unpaired) electrons. The Morgan fingerprint density at radius 2 is 2.19 bits per heavy atom. The highest BCUT2D eigenvalue weighted by Gasteiger charge is 2.51. The number of β-lactam (4-membered cyclic amide) rings is 1. The molecule has 27 heavy (non-hydrogen) atoms. The molecule has 4 rings (SSSR count). The Bertz CT molecular complexity index is 946. The number of carboxylic acid groups (broad SMARTS) is 1. The topological polar surface area (TPSA) is 125 Å². The minimum Gasteiger partial charge on any atom is -0.477 e. The summed E-state index contributed by atoms with van der Waals surface area (Å²) in [5.41, 5.74) is 7.06. The van der Waals surface area contributed by atoms with Gasteiger partial charge in [0, 0.05) is 17.1 Å². The van der Waals surface area contributed by atoms with Crippen molar-refractivity contribution in [3.05, 3.63) is 41.4 Å². The third-order valence-electron chi connectivity index (χ3n) is 4.25. The Hall–Kier alpha value is -2.37. The first-order chi connectivity index (χ1) is 13.0. The molecule has 4 N–H and O–H groups in total. The first kappa shape index (κ1) is 18.0. The third-order valence-corrected chi connectivity index (χ3v) is 6.54. The highest BCUT2D eigenvalue weighted by molar-refractivity contribution is 8.01. The number of rotatable bonds is 5. The maximum absolute atomic E-state index is 13.0. The van der Waals surface area contributed by atoms with Crippen molar-refractivity contribution in [2.75, 3.05) is 11.5 Å². The van der Waals surface area contributed by atoms with E-state index >= 15 is 0 Å². The number of nitrogens with zero attached hydrogens (tertiary/aromatic N) is 3. The molecular weight excluding hydrogens is 393 g/mol. The van der Waals surface area contributed by atoms with Crippen molar-refractivity contribution in [3.8, 4) is 11.4 Å². The quantitative estimate of drug-likeness (QED) is 0.500. The number of carbonyl (C=O) groups is 2. The molecule has 1 saturated heterocycles. The summed E-state index contributed by atoms with van der Waals surface area (Å²) >= 11 is 2.72. The molecule has 0 saturated carbocycles. The van der Waals surface area contributed by atoms with Gasteiger partial charge >= 0.3 is 5.97 Å². The van der Waals surface area contributed by atoms with E-state index in [0.717, 1.165) is 0 Å². The summed E-state index contributed by atoms with van der Waals surface area (Å²) in [6.45, 7) is 0. The minimum absolute atomic E-state index is 0.00671. The second-order valence-electron chi connectivity index (χ2n) is 5.96. The maximum atomic E-state index is 13.0. The molecule has 2 aliphatic rings. The number of hydrogen-bond acceptors (Lipinski definition) is 7. The van der Waals surface area contributed by atoms with E-state index in [1.165, 1.54) is 40.6 Å². The molecule has 1 fully saturated rings. The minimum atomic E-state index is -1.14. The van der Waals surface area contributed by atoms with E-state index < -0.39 is 12.0 Å². The summed E-state index contributed by atoms with van der Waals surface area (Å²) in [5.74, 6) is -0.546. The lowest BCUT2D eigenvalue weighted by molar-refractivity contribution is -0.147. The molecule has 2 atom stereocenters. The predicted octanol–water partition coefficient (Wildman–Crippen LogP) is 1.28. The number of amides is 1. The summed E-state index contributed by atoms with van der Waals surface area (Å²) in [6, 6.07) is 5.20. The van der Waals surface area contributed by atoms with Gasteiger partial charge in [-0.25, -0.2) is 14.2 Å². The van der Waals surface area contributed by atoms with Crippen molar-refractivity contribution in [3.63, 3.8) is 0 Å². The lowest BCUT2D eigenvalue weighted by Gasteiger charge is -2.48. The van der Waals surface area contributed by atoms with E-state index in [2.05, 4.69) is 15.2 Å². The van der Waals surface area contributed by atoms with Crippen LogP contribution in [-0.2, 0) is 9.59 Å². The van der Waals surface area contributed by atoms with Crippen molar-refractivity contribution in [1.29, 1.82) is 0 Å². The third kappa shape index (κ3) is 3.22. The molecule has 0 spiro atoms. The number of H-pyrrole nitrogens is 1. The predicted molar refractivity (Wildman–Crippen MR) is 98.2 cm³/mol. The summed E-state index contributed by atoms with van der Waals surface area (Å²) < 4.78 is 13.0. The summed E-state index contributed by atoms with van der Waals surface area (Å²) in [4.78, 5) is 29.2. The van der Waals surface area contributed by atoms with Crippen molar-refractivity contribution < 1.29 is 19.1 Å². The zero-order valence-corrected chi connectivity index (χ0v) is 15.4. The van der Waals surface area contributed by atoms with Crippen molar-refractivity contribution in [2.45, 2.75) is 16.6 Å². The number of benzene rings is 1. The van der Waals surface area contributed by atoms with Gasteiger partial charge in [-0.15, -0.1) is 16.9 Å². The standard InChI is InChI=1S/C16H14FN5O3S2/c17-9-3-1-7(2-4-9)12-19-16(21-20-12)27-6-8-5-26-14-10(18)13(23)22(14)11(8)15(24)25/h1-4,10,14H,5-6,18H2,(H,24,25)(H,19,20,21)/t10-,14?/m1/s1. The number of carbonyl (C=O) groups excluding carboxylic acids is 1. The Morgan fingerprint density at radius 1 is 1.44 bits per heavy atom. The van der Waals surface area contributed by atoms with Crippen molar-refractivity contribution in [1.82, 2.24) is 20.1 Å². The number of thioether (sulfide) groups is 2. The van der Waals surface area contributed by atoms with Crippen LogP contribution in [0.25, 0.3) is 11.4 Å². The van der Waals surface area contributed by atoms with Gasteiger partial charge in [-0.05, 0) is 29.8 Å². The van der Waals surface area contributed by atoms with Crippen molar-refractivity contribution in [2.24, 2.45) is 5.73 Å². The van der Waals surface area contributed by atoms with Crippen LogP contribution in [0.3, 0.4) is 0 Å². The lowest BCUT2D eigenvalue weighted by Crippen LogP contribution is -2.68. The number of carboxylic acids is 1. The van der Waals surface area contributed by atoms with Crippen LogP contribution >= 0.6 is 23.5 Å². The van der Waals surface area contributed by atoms with Gasteiger partial charge in [0.15, 0.2) is 5.82 Å². The first-order valence-electron chi connectivity index (χ1n) is 7.92. The highest BCUT2D eigenvalue weighted by Crippen LogP contribution is 2.40. The molecule has 11 heteroatoms. The van der Waals surface area contributed by atoms with Crippen LogP contribution in [0.15, 0.2) is 40.7 Å². The van der Waals surface area contributed by atoms with E-state index in [9.17, 15) is 19.1 Å². The van der Waals surface area contributed by atoms with Crippen LogP contribution in [-0.4, -0.2) is 60.0 Å². The molecule has 2 aromatic rings. The molecule has 2 aliphatic heterocycles. The van der Waals surface area contributed by atoms with Crippen LogP contribution in [0.1, 0.15) is 0 Å². The van der Waals surface area contributed by atoms with Gasteiger partial charge in [-0.2, -0.15) is 0 Å². The van der Waals surface area contributed by atoms with Gasteiger partial charge in [-0.3, -0.25) is 14.8 Å². The fourth-order valence-electron chi connectivity index (χ4n) is 2.89. The maximum Gasteiger partial charge on any atom is 0.352 e. The van der Waals surface area contributed by atoms with Gasteiger partial charge < -0.3 is 10.8 Å². The second-order valence-corrected chi connectivity index (χ2v) is 8.00. The average molecular weight is 407 g/mol. The van der Waals surface area contributed by atoms with Crippen LogP contribution in [0.2, 0.25) is 0 Å². The normalized spacial score (nSPS) is 21.9. The van der Waals surface area contributed by atoms with Gasteiger partial charge in [0.05, 0.1) is 0 Å². The molecule has 3 heterocycles. The van der Waals surface area contributed by atoms with Gasteiger partial charge in [0.25, 0.3) is 0 Å². The van der Waals surface area contributed by atoms with Gasteiger partial charge in [0.2, 0.25) is 11.1 Å². The number of halogens is 1. The van der Waals surface area contributed by atoms with E-state index in [1.807, 2.05) is 0 Å². The number of aromatic nitrogens is 3. The summed E-state index contributed by atoms with van der Waals surface area (Å²) in [6.07, 6.45) is 0. The van der Waals surface area contributed by atoms with Crippen LogP contribution in [0, 0.1) is 5.82 Å². The fourth-order valence-corrected chi connectivity index (χ4v) is 5.12. The van der Waals surface area contributed by atoms with Gasteiger partial charge in [-0.1, -0.05) is 11.8 Å². The number of aromatic amines is 1. The smallest absolute Gasteiger partial charge is 0.352 e. The average Bonchev–Trinajstić information content (AvgIpc) is 3.14. The van der Waals surface area contributed by atoms with E-state index in [-0.39, 0.29) is 22.8 Å². The van der Waals surface area contributed by atoms with Crippen molar-refractivity contribution >= 4 is 35.4 Å². The second kappa shape index (κ2) is 6.98. The molecular formula is C16H14FN5O3S2. The largest absolute Gasteiger partial charge is 0.477 e. The van der Waals surface area contributed by atoms with Crippen LogP contribution < -0.4 is 5.73 Å². The molecule has 0 bridgehead atoms. The fraction of sp³-hybridized carbons (Fsp3) is 0.250. The van der Waals surface area contributed by atoms with Crippen LogP contribution in [0.4, 0.5) is 4.39 Å². The zero-order chi connectivity index (χ0) is 19.1. The number of fused-ring (bicyclic) bond motifs is 1. The Labute approximate surface area is 161 Å². The molecule has 1 aromatic heterocycles. The lowest BCUT2D eigenvalue weighted by atomic mass is 10.0. The summed E-state index contributed by atoms with van der Waals surface area (Å²) in [7, 11) is 0. The van der Waals surface area contributed by atoms with E-state index in [4.69, 9.17) is 5.73 Å². The Balaban J connectivity index is 1.50. The number of nitrogens with two attached hydrogens (primary N) is 1. The molecule has 1 amide bonds. The number of nitrogens with one attached hydrogen (secondary N) is 1. The molecule has 8 nitrogen and oxygen atoms in total. The first-order valence-corrected chi connectivity index (χ1v) is 9.96. The van der Waals surface area contributed by atoms with Crippen LogP contribution in [0.5, 0.6) is 0 Å². The molecule has 1 unspecified atom stereocenters. The van der Waals surface area contributed by atoms with Gasteiger partial charge in [0.1, 0.15) is 22.9 Å². The molecule has 0 aliphatic carbocycles. The van der Waals surface area contributed by atoms with E-state index in [1.54, 1.807) is 12.1 Å². The zero-order valence-electron chi connectivity index (χ0n) is 13.8. The SMILES string of the molecule is N[C@@H]1C(=O)N2C(C(=O)O)=C(CSc3n[nH]c(-c4ccc(F)cc4)n3)CSC12. The monoisotopic (exact) mass is 407 g/mol. The molecule has 140 valence electrons.